The smallest absolute Gasteiger partial charge is 0.240 e. The third kappa shape index (κ3) is 4.72. The first kappa shape index (κ1) is 24.0. The Morgan fingerprint density at radius 1 is 1.26 bits per heavy atom. The minimum absolute atomic E-state index is 0.0833. The van der Waals surface area contributed by atoms with Crippen LogP contribution >= 0.6 is 11.6 Å². The van der Waals surface area contributed by atoms with Gasteiger partial charge in [-0.2, -0.15) is 0 Å². The number of carbonyl (C=O) groups excluding carboxylic acids is 1. The van der Waals surface area contributed by atoms with E-state index in [0.29, 0.717) is 35.7 Å². The fraction of sp³-hybridized carbons (Fsp3) is 0.480. The van der Waals surface area contributed by atoms with Gasteiger partial charge < -0.3 is 20.2 Å². The summed E-state index contributed by atoms with van der Waals surface area (Å²) in [5, 5.41) is 22.3. The molecule has 2 N–H and O–H groups in total. The van der Waals surface area contributed by atoms with Gasteiger partial charge in [0.25, 0.3) is 0 Å². The maximum Gasteiger partial charge on any atom is 0.240 e. The number of aromatic nitrogens is 3. The summed E-state index contributed by atoms with van der Waals surface area (Å²) < 4.78 is 16.3. The van der Waals surface area contributed by atoms with Crippen LogP contribution in [0.5, 0.6) is 0 Å². The van der Waals surface area contributed by atoms with Gasteiger partial charge in [0.05, 0.1) is 30.2 Å². The van der Waals surface area contributed by atoms with Gasteiger partial charge in [-0.1, -0.05) is 29.3 Å². The average molecular weight is 501 g/mol. The number of benzene rings is 2. The lowest BCUT2D eigenvalue weighted by Gasteiger charge is -2.43. The minimum atomic E-state index is -0.385. The van der Waals surface area contributed by atoms with Gasteiger partial charge >= 0.3 is 0 Å². The predicted octanol–water partition coefficient (Wildman–Crippen LogP) is 2.98. The third-order valence-corrected chi connectivity index (χ3v) is 7.42. The highest BCUT2D eigenvalue weighted by atomic mass is 35.5. The summed E-state index contributed by atoms with van der Waals surface area (Å²) in [4.78, 5) is 17.1. The molecule has 1 amide bonds. The van der Waals surface area contributed by atoms with Crippen LogP contribution in [0.4, 0.5) is 10.1 Å². The highest BCUT2D eigenvalue weighted by Crippen LogP contribution is 2.29. The van der Waals surface area contributed by atoms with Crippen LogP contribution in [0, 0.1) is 5.82 Å². The first-order chi connectivity index (χ1) is 17.0. The van der Waals surface area contributed by atoms with Gasteiger partial charge in [0.2, 0.25) is 5.91 Å². The highest BCUT2D eigenvalue weighted by molar-refractivity contribution is 6.30. The van der Waals surface area contributed by atoms with Crippen molar-refractivity contribution in [2.45, 2.75) is 44.3 Å². The molecule has 8 nitrogen and oxygen atoms in total. The van der Waals surface area contributed by atoms with Crippen LogP contribution in [0.3, 0.4) is 0 Å². The molecule has 0 bridgehead atoms. The standard InChI is InChI=1S/C25H30ClFN6O2/c1-16(20-7-5-17(26)12-21(20)27)33-24-13-18(6-8-22(24)29-30-33)31-10-11-32(19(14-31)15-34)25(35)23-4-2-3-9-28-23/h5-8,12-13,16,19,23,28,34H,2-4,9-11,14-15H2,1H3/t16?,19-,23?/m0/s1. The number of fused-ring (bicyclic) bond motifs is 1. The van der Waals surface area contributed by atoms with Crippen molar-refractivity contribution in [3.63, 3.8) is 0 Å². The normalized spacial score (nSPS) is 21.9. The lowest BCUT2D eigenvalue weighted by Crippen LogP contribution is -2.60. The molecule has 0 saturated carbocycles. The van der Waals surface area contributed by atoms with Crippen molar-refractivity contribution in [1.29, 1.82) is 0 Å². The van der Waals surface area contributed by atoms with Crippen molar-refractivity contribution >= 4 is 34.2 Å². The quantitative estimate of drug-likeness (QED) is 0.560. The second-order valence-corrected chi connectivity index (χ2v) is 9.80. The molecule has 2 unspecified atom stereocenters. The number of nitrogens with one attached hydrogen (secondary N) is 1. The fourth-order valence-corrected chi connectivity index (χ4v) is 5.34. The van der Waals surface area contributed by atoms with Gasteiger partial charge in [-0.25, -0.2) is 9.07 Å². The van der Waals surface area contributed by atoms with E-state index in [-0.39, 0.29) is 36.5 Å². The van der Waals surface area contributed by atoms with Crippen LogP contribution < -0.4 is 10.2 Å². The Kier molecular flexibility index (Phi) is 6.91. The molecule has 0 aliphatic carbocycles. The van der Waals surface area contributed by atoms with E-state index in [1.807, 2.05) is 30.0 Å². The number of aliphatic hydroxyl groups is 1. The fourth-order valence-electron chi connectivity index (χ4n) is 5.18. The maximum absolute atomic E-state index is 14.6. The Balaban J connectivity index is 1.37. The molecule has 3 atom stereocenters. The molecule has 0 spiro atoms. The van der Waals surface area contributed by atoms with Crippen molar-refractivity contribution in [1.82, 2.24) is 25.2 Å². The van der Waals surface area contributed by atoms with E-state index in [2.05, 4.69) is 20.5 Å². The SMILES string of the molecule is CC(c1ccc(Cl)cc1F)n1nnc2ccc(N3CCN(C(=O)C4CCCCN4)[C@H](CO)C3)cc21. The predicted molar refractivity (Wildman–Crippen MR) is 133 cm³/mol. The Labute approximate surface area is 208 Å². The maximum atomic E-state index is 14.6. The van der Waals surface area contributed by atoms with E-state index in [0.717, 1.165) is 37.0 Å². The van der Waals surface area contributed by atoms with E-state index in [9.17, 15) is 14.3 Å². The molecule has 2 saturated heterocycles. The molecule has 10 heteroatoms. The van der Waals surface area contributed by atoms with Gasteiger partial charge in [-0.15, -0.1) is 5.10 Å². The number of hydrogen-bond acceptors (Lipinski definition) is 6. The van der Waals surface area contributed by atoms with Crippen molar-refractivity contribution < 1.29 is 14.3 Å². The van der Waals surface area contributed by atoms with Gasteiger partial charge in [0, 0.05) is 35.9 Å². The molecule has 3 heterocycles. The third-order valence-electron chi connectivity index (χ3n) is 7.18. The minimum Gasteiger partial charge on any atom is -0.394 e. The van der Waals surface area contributed by atoms with Crippen LogP contribution in [0.15, 0.2) is 36.4 Å². The summed E-state index contributed by atoms with van der Waals surface area (Å²) in [6, 6.07) is 9.69. The lowest BCUT2D eigenvalue weighted by atomic mass is 10.0. The Hall–Kier alpha value is -2.75. The molecule has 2 fully saturated rings. The summed E-state index contributed by atoms with van der Waals surface area (Å²) in [5.41, 5.74) is 2.93. The summed E-state index contributed by atoms with van der Waals surface area (Å²) in [5.74, 6) is -0.302. The number of rotatable bonds is 5. The van der Waals surface area contributed by atoms with E-state index < -0.39 is 0 Å². The Bertz CT molecular complexity index is 1210. The highest BCUT2D eigenvalue weighted by Gasteiger charge is 2.34. The summed E-state index contributed by atoms with van der Waals surface area (Å²) in [7, 11) is 0. The van der Waals surface area contributed by atoms with Gasteiger partial charge in [-0.3, -0.25) is 4.79 Å². The van der Waals surface area contributed by atoms with Crippen LogP contribution in [0.1, 0.15) is 37.8 Å². The number of hydrogen-bond donors (Lipinski definition) is 2. The summed E-state index contributed by atoms with van der Waals surface area (Å²) >= 11 is 5.92. The van der Waals surface area contributed by atoms with Crippen molar-refractivity contribution in [3.05, 3.63) is 52.8 Å². The van der Waals surface area contributed by atoms with E-state index in [4.69, 9.17) is 11.6 Å². The molecule has 1 aromatic heterocycles. The summed E-state index contributed by atoms with van der Waals surface area (Å²) in [6.07, 6.45) is 2.99. The zero-order valence-electron chi connectivity index (χ0n) is 19.7. The number of anilines is 1. The largest absolute Gasteiger partial charge is 0.394 e. The topological polar surface area (TPSA) is 86.5 Å². The zero-order chi connectivity index (χ0) is 24.5. The molecule has 3 aromatic rings. The molecule has 5 rings (SSSR count). The number of piperidine rings is 1. The van der Waals surface area contributed by atoms with E-state index >= 15 is 0 Å². The Morgan fingerprint density at radius 2 is 2.11 bits per heavy atom. The van der Waals surface area contributed by atoms with Crippen LogP contribution in [0.2, 0.25) is 5.02 Å². The summed E-state index contributed by atoms with van der Waals surface area (Å²) in [6.45, 7) is 4.37. The zero-order valence-corrected chi connectivity index (χ0v) is 20.5. The van der Waals surface area contributed by atoms with E-state index in [1.165, 1.54) is 6.07 Å². The monoisotopic (exact) mass is 500 g/mol. The molecule has 35 heavy (non-hydrogen) atoms. The number of halogens is 2. The van der Waals surface area contributed by atoms with Crippen molar-refractivity contribution in [3.8, 4) is 0 Å². The second kappa shape index (κ2) is 10.1. The van der Waals surface area contributed by atoms with Crippen molar-refractivity contribution in [2.75, 3.05) is 37.7 Å². The lowest BCUT2D eigenvalue weighted by molar-refractivity contribution is -0.137. The first-order valence-electron chi connectivity index (χ1n) is 12.2. The second-order valence-electron chi connectivity index (χ2n) is 9.37. The van der Waals surface area contributed by atoms with Crippen LogP contribution in [-0.4, -0.2) is 75.8 Å². The Morgan fingerprint density at radius 3 is 2.86 bits per heavy atom. The van der Waals surface area contributed by atoms with Gasteiger partial charge in [-0.05, 0) is 56.6 Å². The number of nitrogens with zero attached hydrogens (tertiary/aromatic N) is 5. The van der Waals surface area contributed by atoms with Crippen LogP contribution in [0.25, 0.3) is 11.0 Å². The average Bonchev–Trinajstić information content (AvgIpc) is 3.31. The number of amides is 1. The van der Waals surface area contributed by atoms with Crippen LogP contribution in [-0.2, 0) is 4.79 Å². The van der Waals surface area contributed by atoms with Gasteiger partial charge in [0.1, 0.15) is 11.3 Å². The molecular formula is C25H30ClFN6O2. The number of aliphatic hydroxyl groups excluding tert-OH is 1. The van der Waals surface area contributed by atoms with Gasteiger partial charge in [0.15, 0.2) is 0 Å². The molecular weight excluding hydrogens is 471 g/mol. The first-order valence-corrected chi connectivity index (χ1v) is 12.5. The molecule has 186 valence electrons. The van der Waals surface area contributed by atoms with Crippen molar-refractivity contribution in [2.24, 2.45) is 0 Å². The molecule has 2 aromatic carbocycles. The molecule has 0 radical (unpaired) electrons. The molecule has 2 aliphatic heterocycles. The number of piperazine rings is 1. The van der Waals surface area contributed by atoms with E-state index in [1.54, 1.807) is 16.8 Å². The molecule has 2 aliphatic rings. The number of carbonyl (C=O) groups is 1.